The summed E-state index contributed by atoms with van der Waals surface area (Å²) in [7, 11) is 0. The Morgan fingerprint density at radius 1 is 1.17 bits per heavy atom. The highest BCUT2D eigenvalue weighted by atomic mass is 16.2. The Morgan fingerprint density at radius 2 is 2.03 bits per heavy atom. The molecule has 1 aliphatic heterocycles. The summed E-state index contributed by atoms with van der Waals surface area (Å²) in [5, 5.41) is 3.44. The molecule has 4 rings (SSSR count). The first-order valence-electron chi connectivity index (χ1n) is 10.6. The van der Waals surface area contributed by atoms with Crippen LogP contribution >= 0.6 is 0 Å². The molecule has 3 heterocycles. The zero-order valence-corrected chi connectivity index (χ0v) is 17.3. The van der Waals surface area contributed by atoms with E-state index in [0.29, 0.717) is 19.5 Å². The average Bonchev–Trinajstić information content (AvgIpc) is 2.83. The molecular weight excluding hydrogens is 374 g/mol. The summed E-state index contributed by atoms with van der Waals surface area (Å²) in [5.74, 6) is 1.93. The molecule has 154 valence electrons. The third-order valence-electron chi connectivity index (χ3n) is 5.46. The van der Waals surface area contributed by atoms with Crippen LogP contribution in [0.15, 0.2) is 60.9 Å². The largest absolute Gasteiger partial charge is 0.366 e. The molecule has 1 amide bonds. The standard InChI is InChI=1S/C24H27N5O/c1-2-23(30)29-13-7-11-20(17-29)24-27-21(19-10-6-12-25-16-19)14-22(28-24)26-15-18-8-4-3-5-9-18/h3-6,8-10,12,14,16,20H,2,7,11,13,15,17H2,1H3,(H,26,27,28). The summed E-state index contributed by atoms with van der Waals surface area (Å²) in [6.45, 7) is 4.11. The second-order valence-corrected chi connectivity index (χ2v) is 7.61. The lowest BCUT2D eigenvalue weighted by Crippen LogP contribution is -2.39. The molecule has 1 saturated heterocycles. The van der Waals surface area contributed by atoms with Gasteiger partial charge >= 0.3 is 0 Å². The summed E-state index contributed by atoms with van der Waals surface area (Å²) in [4.78, 5) is 28.1. The summed E-state index contributed by atoms with van der Waals surface area (Å²) in [6.07, 6.45) is 6.08. The van der Waals surface area contributed by atoms with Crippen molar-refractivity contribution in [2.45, 2.75) is 38.6 Å². The van der Waals surface area contributed by atoms with Crippen molar-refractivity contribution in [3.8, 4) is 11.3 Å². The lowest BCUT2D eigenvalue weighted by atomic mass is 9.96. The number of amides is 1. The quantitative estimate of drug-likeness (QED) is 0.668. The highest BCUT2D eigenvalue weighted by Crippen LogP contribution is 2.28. The van der Waals surface area contributed by atoms with E-state index in [-0.39, 0.29) is 11.8 Å². The number of pyridine rings is 1. The van der Waals surface area contributed by atoms with Gasteiger partial charge in [-0.15, -0.1) is 0 Å². The minimum absolute atomic E-state index is 0.142. The number of anilines is 1. The van der Waals surface area contributed by atoms with E-state index in [1.807, 2.05) is 54.4 Å². The maximum Gasteiger partial charge on any atom is 0.222 e. The molecule has 0 radical (unpaired) electrons. The molecular formula is C24H27N5O. The van der Waals surface area contributed by atoms with Crippen LogP contribution in [0.25, 0.3) is 11.3 Å². The maximum atomic E-state index is 12.2. The summed E-state index contributed by atoms with van der Waals surface area (Å²) in [5.41, 5.74) is 3.00. The molecule has 6 heteroatoms. The Morgan fingerprint density at radius 3 is 2.80 bits per heavy atom. The number of nitrogens with zero attached hydrogens (tertiary/aromatic N) is 4. The van der Waals surface area contributed by atoms with Gasteiger partial charge in [-0.3, -0.25) is 9.78 Å². The Hall–Kier alpha value is -3.28. The van der Waals surface area contributed by atoms with Gasteiger partial charge in [-0.25, -0.2) is 9.97 Å². The van der Waals surface area contributed by atoms with Crippen molar-refractivity contribution in [1.82, 2.24) is 19.9 Å². The molecule has 0 saturated carbocycles. The van der Waals surface area contributed by atoms with E-state index in [0.717, 1.165) is 42.3 Å². The third-order valence-corrected chi connectivity index (χ3v) is 5.46. The highest BCUT2D eigenvalue weighted by Gasteiger charge is 2.26. The number of piperidine rings is 1. The number of rotatable bonds is 6. The number of hydrogen-bond donors (Lipinski definition) is 1. The number of benzene rings is 1. The molecule has 30 heavy (non-hydrogen) atoms. The van der Waals surface area contributed by atoms with Crippen LogP contribution in [-0.2, 0) is 11.3 Å². The van der Waals surface area contributed by atoms with Crippen LogP contribution in [-0.4, -0.2) is 38.8 Å². The van der Waals surface area contributed by atoms with Gasteiger partial charge in [0.05, 0.1) is 5.69 Å². The zero-order chi connectivity index (χ0) is 20.8. The van der Waals surface area contributed by atoms with Gasteiger partial charge in [0.1, 0.15) is 11.6 Å². The number of likely N-dealkylation sites (tertiary alicyclic amines) is 1. The van der Waals surface area contributed by atoms with Crippen LogP contribution in [0.4, 0.5) is 5.82 Å². The number of carbonyl (C=O) groups is 1. The van der Waals surface area contributed by atoms with E-state index >= 15 is 0 Å². The molecule has 0 aliphatic carbocycles. The molecule has 0 spiro atoms. The predicted molar refractivity (Wildman–Crippen MR) is 118 cm³/mol. The fourth-order valence-electron chi connectivity index (χ4n) is 3.83. The molecule has 3 aromatic rings. The number of aromatic nitrogens is 3. The molecule has 1 atom stereocenters. The minimum Gasteiger partial charge on any atom is -0.366 e. The van der Waals surface area contributed by atoms with Crippen LogP contribution in [0, 0.1) is 0 Å². The normalized spacial score (nSPS) is 16.3. The molecule has 1 aliphatic rings. The molecule has 1 N–H and O–H groups in total. The molecule has 2 aromatic heterocycles. The first-order valence-corrected chi connectivity index (χ1v) is 10.6. The molecule has 1 fully saturated rings. The summed E-state index contributed by atoms with van der Waals surface area (Å²) in [6, 6.07) is 16.2. The van der Waals surface area contributed by atoms with Crippen LogP contribution in [0.2, 0.25) is 0 Å². The fourth-order valence-corrected chi connectivity index (χ4v) is 3.83. The number of hydrogen-bond acceptors (Lipinski definition) is 5. The van der Waals surface area contributed by atoms with Crippen molar-refractivity contribution < 1.29 is 4.79 Å². The van der Waals surface area contributed by atoms with Gasteiger partial charge in [-0.05, 0) is 30.5 Å². The SMILES string of the molecule is CCC(=O)N1CCCC(c2nc(NCc3ccccc3)cc(-c3cccnc3)n2)C1. The number of nitrogens with one attached hydrogen (secondary N) is 1. The smallest absolute Gasteiger partial charge is 0.222 e. The van der Waals surface area contributed by atoms with E-state index in [4.69, 9.17) is 9.97 Å². The first kappa shape index (κ1) is 20.0. The summed E-state index contributed by atoms with van der Waals surface area (Å²) >= 11 is 0. The maximum absolute atomic E-state index is 12.2. The van der Waals surface area contributed by atoms with E-state index in [1.165, 1.54) is 5.56 Å². The van der Waals surface area contributed by atoms with Crippen molar-refractivity contribution >= 4 is 11.7 Å². The second-order valence-electron chi connectivity index (χ2n) is 7.61. The van der Waals surface area contributed by atoms with Crippen LogP contribution in [0.5, 0.6) is 0 Å². The van der Waals surface area contributed by atoms with E-state index < -0.39 is 0 Å². The zero-order valence-electron chi connectivity index (χ0n) is 17.3. The molecule has 1 unspecified atom stereocenters. The summed E-state index contributed by atoms with van der Waals surface area (Å²) < 4.78 is 0. The molecule has 0 bridgehead atoms. The van der Waals surface area contributed by atoms with Gasteiger partial charge in [-0.2, -0.15) is 0 Å². The molecule has 6 nitrogen and oxygen atoms in total. The fraction of sp³-hybridized carbons (Fsp3) is 0.333. The lowest BCUT2D eigenvalue weighted by Gasteiger charge is -2.32. The second kappa shape index (κ2) is 9.48. The monoisotopic (exact) mass is 401 g/mol. The Labute approximate surface area is 177 Å². The highest BCUT2D eigenvalue weighted by molar-refractivity contribution is 5.76. The topological polar surface area (TPSA) is 71.0 Å². The van der Waals surface area contributed by atoms with Crippen molar-refractivity contribution in [3.05, 3.63) is 72.3 Å². The minimum atomic E-state index is 0.142. The lowest BCUT2D eigenvalue weighted by molar-refractivity contribution is -0.132. The van der Waals surface area contributed by atoms with E-state index in [1.54, 1.807) is 6.20 Å². The van der Waals surface area contributed by atoms with Crippen LogP contribution in [0.3, 0.4) is 0 Å². The van der Waals surface area contributed by atoms with Crippen molar-refractivity contribution in [1.29, 1.82) is 0 Å². The van der Waals surface area contributed by atoms with Crippen LogP contribution in [0.1, 0.15) is 43.5 Å². The van der Waals surface area contributed by atoms with E-state index in [2.05, 4.69) is 22.4 Å². The van der Waals surface area contributed by atoms with Gasteiger partial charge in [0.2, 0.25) is 5.91 Å². The van der Waals surface area contributed by atoms with Crippen molar-refractivity contribution in [2.75, 3.05) is 18.4 Å². The predicted octanol–water partition coefficient (Wildman–Crippen LogP) is 4.27. The first-order chi connectivity index (χ1) is 14.7. The third kappa shape index (κ3) is 4.82. The van der Waals surface area contributed by atoms with Gasteiger partial charge in [0, 0.05) is 56.0 Å². The van der Waals surface area contributed by atoms with Gasteiger partial charge in [-0.1, -0.05) is 37.3 Å². The molecule has 1 aromatic carbocycles. The Bertz CT molecular complexity index is 977. The number of carbonyl (C=O) groups excluding carboxylic acids is 1. The van der Waals surface area contributed by atoms with Crippen molar-refractivity contribution in [3.63, 3.8) is 0 Å². The van der Waals surface area contributed by atoms with Gasteiger partial charge in [0.25, 0.3) is 0 Å². The van der Waals surface area contributed by atoms with Gasteiger partial charge in [0.15, 0.2) is 0 Å². The van der Waals surface area contributed by atoms with Gasteiger partial charge < -0.3 is 10.2 Å². The Balaban J connectivity index is 1.62. The average molecular weight is 402 g/mol. The Kier molecular flexibility index (Phi) is 6.32. The van der Waals surface area contributed by atoms with E-state index in [9.17, 15) is 4.79 Å². The van der Waals surface area contributed by atoms with Crippen molar-refractivity contribution in [2.24, 2.45) is 0 Å². The van der Waals surface area contributed by atoms with Crippen LogP contribution < -0.4 is 5.32 Å².